The molecule has 0 radical (unpaired) electrons. The highest BCUT2D eigenvalue weighted by molar-refractivity contribution is 9.09. The number of hydrogen-bond donors (Lipinski definition) is 0. The molecule has 0 amide bonds. The van der Waals surface area contributed by atoms with Gasteiger partial charge in [-0.25, -0.2) is 0 Å². The van der Waals surface area contributed by atoms with Crippen molar-refractivity contribution in [3.05, 3.63) is 69.7 Å². The quantitative estimate of drug-likeness (QED) is 0.593. The molecule has 0 nitrogen and oxygen atoms in total. The van der Waals surface area contributed by atoms with Crippen molar-refractivity contribution in [1.82, 2.24) is 0 Å². The van der Waals surface area contributed by atoms with Gasteiger partial charge in [-0.05, 0) is 47.7 Å². The molecule has 19 heavy (non-hydrogen) atoms. The van der Waals surface area contributed by atoms with Gasteiger partial charge in [0.05, 0.1) is 4.83 Å². The molecule has 100 valence electrons. The summed E-state index contributed by atoms with van der Waals surface area (Å²) in [6, 6.07) is 15.0. The predicted octanol–water partition coefficient (Wildman–Crippen LogP) is 6.09. The van der Waals surface area contributed by atoms with Crippen molar-refractivity contribution in [2.45, 2.75) is 31.5 Å². The topological polar surface area (TPSA) is 0 Å². The number of rotatable bonds is 4. The fourth-order valence-corrected chi connectivity index (χ4v) is 3.11. The van der Waals surface area contributed by atoms with Crippen LogP contribution in [0.5, 0.6) is 0 Å². The standard InChI is InChI=1S/C17H18BrCl/c1-3-4-13-5-7-14(8-6-13)17(18)15-9-12(2)10-16(19)11-15/h5-11,17H,3-4H2,1-2H3. The van der Waals surface area contributed by atoms with E-state index in [9.17, 15) is 0 Å². The van der Waals surface area contributed by atoms with Crippen molar-refractivity contribution in [3.63, 3.8) is 0 Å². The lowest BCUT2D eigenvalue weighted by Crippen LogP contribution is -1.94. The van der Waals surface area contributed by atoms with Crippen molar-refractivity contribution in [2.24, 2.45) is 0 Å². The SMILES string of the molecule is CCCc1ccc(C(Br)c2cc(C)cc(Cl)c2)cc1. The average Bonchev–Trinajstić information content (AvgIpc) is 2.38. The first-order chi connectivity index (χ1) is 9.10. The summed E-state index contributed by atoms with van der Waals surface area (Å²) in [7, 11) is 0. The lowest BCUT2D eigenvalue weighted by atomic mass is 10.0. The van der Waals surface area contributed by atoms with E-state index in [1.807, 2.05) is 12.1 Å². The maximum atomic E-state index is 6.13. The number of hydrogen-bond acceptors (Lipinski definition) is 0. The second-order valence-corrected chi connectivity index (χ2v) is 6.27. The summed E-state index contributed by atoms with van der Waals surface area (Å²) in [6.45, 7) is 4.27. The van der Waals surface area contributed by atoms with Gasteiger partial charge in [0.2, 0.25) is 0 Å². The molecule has 2 heteroatoms. The summed E-state index contributed by atoms with van der Waals surface area (Å²) in [5, 5.41) is 0.794. The first kappa shape index (κ1) is 14.6. The Hall–Kier alpha value is -0.790. The number of halogens is 2. The van der Waals surface area contributed by atoms with Gasteiger partial charge in [-0.2, -0.15) is 0 Å². The van der Waals surface area contributed by atoms with Gasteiger partial charge < -0.3 is 0 Å². The summed E-state index contributed by atoms with van der Waals surface area (Å²) >= 11 is 9.89. The number of alkyl halides is 1. The molecule has 0 saturated heterocycles. The Morgan fingerprint density at radius 3 is 2.32 bits per heavy atom. The zero-order chi connectivity index (χ0) is 13.8. The van der Waals surface area contributed by atoms with Gasteiger partial charge in [0.25, 0.3) is 0 Å². The van der Waals surface area contributed by atoms with Crippen molar-refractivity contribution in [2.75, 3.05) is 0 Å². The van der Waals surface area contributed by atoms with E-state index in [0.717, 1.165) is 11.4 Å². The van der Waals surface area contributed by atoms with Gasteiger partial charge in [0.1, 0.15) is 0 Å². The fraction of sp³-hybridized carbons (Fsp3) is 0.294. The van der Waals surface area contributed by atoms with E-state index >= 15 is 0 Å². The second kappa shape index (κ2) is 6.58. The monoisotopic (exact) mass is 336 g/mol. The van der Waals surface area contributed by atoms with Crippen LogP contribution < -0.4 is 0 Å². The zero-order valence-electron chi connectivity index (χ0n) is 11.3. The molecule has 0 aliphatic heterocycles. The largest absolute Gasteiger partial charge is 0.0843 e. The van der Waals surface area contributed by atoms with Crippen molar-refractivity contribution >= 4 is 27.5 Å². The molecule has 0 heterocycles. The minimum Gasteiger partial charge on any atom is -0.0843 e. The van der Waals surface area contributed by atoms with Crippen LogP contribution in [0.4, 0.5) is 0 Å². The normalized spacial score (nSPS) is 12.4. The fourth-order valence-electron chi connectivity index (χ4n) is 2.25. The highest BCUT2D eigenvalue weighted by Crippen LogP contribution is 2.33. The van der Waals surface area contributed by atoms with E-state index in [1.54, 1.807) is 0 Å². The van der Waals surface area contributed by atoms with Crippen LogP contribution in [-0.2, 0) is 6.42 Å². The summed E-state index contributed by atoms with van der Waals surface area (Å²) < 4.78 is 0. The summed E-state index contributed by atoms with van der Waals surface area (Å²) in [6.07, 6.45) is 2.33. The van der Waals surface area contributed by atoms with Crippen LogP contribution >= 0.6 is 27.5 Å². The highest BCUT2D eigenvalue weighted by atomic mass is 79.9. The van der Waals surface area contributed by atoms with Gasteiger partial charge in [-0.3, -0.25) is 0 Å². The van der Waals surface area contributed by atoms with Gasteiger partial charge in [0, 0.05) is 5.02 Å². The Bertz CT molecular complexity index is 525. The first-order valence-electron chi connectivity index (χ1n) is 6.60. The molecule has 0 bridgehead atoms. The first-order valence-corrected chi connectivity index (χ1v) is 7.89. The number of benzene rings is 2. The average molecular weight is 338 g/mol. The number of aryl methyl sites for hydroxylation is 2. The van der Waals surface area contributed by atoms with Crippen LogP contribution in [-0.4, -0.2) is 0 Å². The zero-order valence-corrected chi connectivity index (χ0v) is 13.6. The third-order valence-electron chi connectivity index (χ3n) is 3.17. The van der Waals surface area contributed by atoms with E-state index in [0.29, 0.717) is 0 Å². The maximum absolute atomic E-state index is 6.13. The van der Waals surface area contributed by atoms with Gasteiger partial charge in [-0.1, -0.05) is 71.2 Å². The van der Waals surface area contributed by atoms with Crippen LogP contribution in [0, 0.1) is 6.92 Å². The van der Waals surface area contributed by atoms with E-state index in [1.165, 1.54) is 28.7 Å². The van der Waals surface area contributed by atoms with Crippen LogP contribution in [0.15, 0.2) is 42.5 Å². The van der Waals surface area contributed by atoms with Gasteiger partial charge in [-0.15, -0.1) is 0 Å². The smallest absolute Gasteiger partial charge is 0.0645 e. The Kier molecular flexibility index (Phi) is 5.06. The highest BCUT2D eigenvalue weighted by Gasteiger charge is 2.11. The Balaban J connectivity index is 2.25. The molecule has 1 unspecified atom stereocenters. The minimum atomic E-state index is 0.195. The molecular formula is C17H18BrCl. The third kappa shape index (κ3) is 3.84. The maximum Gasteiger partial charge on any atom is 0.0645 e. The lowest BCUT2D eigenvalue weighted by Gasteiger charge is -2.13. The molecule has 0 aliphatic carbocycles. The van der Waals surface area contributed by atoms with Gasteiger partial charge in [0.15, 0.2) is 0 Å². The van der Waals surface area contributed by atoms with Crippen LogP contribution in [0.2, 0.25) is 5.02 Å². The summed E-state index contributed by atoms with van der Waals surface area (Å²) in [5.41, 5.74) is 5.05. The van der Waals surface area contributed by atoms with E-state index in [4.69, 9.17) is 11.6 Å². The Morgan fingerprint density at radius 2 is 1.74 bits per heavy atom. The molecule has 0 aromatic heterocycles. The van der Waals surface area contributed by atoms with Crippen molar-refractivity contribution in [1.29, 1.82) is 0 Å². The molecule has 2 aromatic carbocycles. The van der Waals surface area contributed by atoms with Crippen LogP contribution in [0.3, 0.4) is 0 Å². The third-order valence-corrected chi connectivity index (χ3v) is 4.44. The molecule has 2 aromatic rings. The molecule has 0 aliphatic rings. The van der Waals surface area contributed by atoms with Gasteiger partial charge >= 0.3 is 0 Å². The second-order valence-electron chi connectivity index (χ2n) is 4.92. The molecule has 2 rings (SSSR count). The molecule has 0 N–H and O–H groups in total. The Morgan fingerprint density at radius 1 is 1.05 bits per heavy atom. The minimum absolute atomic E-state index is 0.195. The molecular weight excluding hydrogens is 320 g/mol. The predicted molar refractivity (Wildman–Crippen MR) is 87.4 cm³/mol. The van der Waals surface area contributed by atoms with E-state index < -0.39 is 0 Å². The molecule has 0 saturated carbocycles. The summed E-state index contributed by atoms with van der Waals surface area (Å²) in [4.78, 5) is 0.195. The lowest BCUT2D eigenvalue weighted by molar-refractivity contribution is 0.920. The van der Waals surface area contributed by atoms with Crippen LogP contribution in [0.25, 0.3) is 0 Å². The molecule has 1 atom stereocenters. The Labute approximate surface area is 128 Å². The molecule has 0 fully saturated rings. The van der Waals surface area contributed by atoms with E-state index in [2.05, 4.69) is 60.1 Å². The van der Waals surface area contributed by atoms with E-state index in [-0.39, 0.29) is 4.83 Å². The van der Waals surface area contributed by atoms with Crippen molar-refractivity contribution < 1.29 is 0 Å². The van der Waals surface area contributed by atoms with Crippen molar-refractivity contribution in [3.8, 4) is 0 Å². The molecule has 0 spiro atoms. The summed E-state index contributed by atoms with van der Waals surface area (Å²) in [5.74, 6) is 0. The van der Waals surface area contributed by atoms with Crippen LogP contribution in [0.1, 0.15) is 40.4 Å².